The first-order valence-corrected chi connectivity index (χ1v) is 25.2. The van der Waals surface area contributed by atoms with Crippen LogP contribution < -0.4 is 0 Å². The molecule has 0 heterocycles. The van der Waals surface area contributed by atoms with E-state index in [0.29, 0.717) is 0 Å². The summed E-state index contributed by atoms with van der Waals surface area (Å²) in [6, 6.07) is 27.1. The van der Waals surface area contributed by atoms with E-state index in [1.807, 2.05) is 0 Å². The first kappa shape index (κ1) is 70.9. The molecule has 0 fully saturated rings. The van der Waals surface area contributed by atoms with Crippen LogP contribution in [0.15, 0.2) is 92.8 Å². The molecule has 0 aliphatic rings. The van der Waals surface area contributed by atoms with Crippen molar-refractivity contribution in [1.29, 1.82) is 0 Å². The van der Waals surface area contributed by atoms with Gasteiger partial charge in [-0.25, -0.2) is 0 Å². The molecule has 0 amide bonds. The SMILES string of the molecule is CC(=Nc1cc(C(C)(C)C)cc(C(C)(C)C)c1)C(C)=Nc1cc(C(C)(C)C)cc(C(C)(C)C)c1.CC(=Nc1cc(C(C)(C)C)cc(C(C)(C)C)c1)C(C)=Nc1cc(C(C)(C)C)cc(C(C)(C)C)c1.O.O.[Pd].[Pd]. The fourth-order valence-corrected chi connectivity index (χ4v) is 7.27. The minimum atomic E-state index is 0. The second-order valence-electron chi connectivity index (χ2n) is 27.9. The fraction of sp³-hybridized carbons (Fsp3) is 0.562. The molecule has 0 saturated heterocycles. The summed E-state index contributed by atoms with van der Waals surface area (Å²) in [5, 5.41) is 0. The normalized spacial score (nSPS) is 13.7. The minimum Gasteiger partial charge on any atom is -0.412 e. The molecule has 0 aliphatic heterocycles. The summed E-state index contributed by atoms with van der Waals surface area (Å²) >= 11 is 0. The Hall–Kier alpha value is -3.20. The van der Waals surface area contributed by atoms with Crippen molar-refractivity contribution < 1.29 is 51.8 Å². The molecular formula is C64H100N4O2Pd2. The smallest absolute Gasteiger partial charge is 0.0639 e. The molecule has 4 N–H and O–H groups in total. The van der Waals surface area contributed by atoms with Crippen LogP contribution in [0.1, 0.15) is 238 Å². The van der Waals surface area contributed by atoms with Gasteiger partial charge in [-0.3, -0.25) is 20.0 Å². The van der Waals surface area contributed by atoms with Crippen LogP contribution in [0.25, 0.3) is 0 Å². The quantitative estimate of drug-likeness (QED) is 0.135. The Bertz CT molecular complexity index is 2070. The molecule has 0 aromatic heterocycles. The van der Waals surface area contributed by atoms with Crippen molar-refractivity contribution in [1.82, 2.24) is 0 Å². The summed E-state index contributed by atoms with van der Waals surface area (Å²) in [5.41, 5.74) is 18.9. The van der Waals surface area contributed by atoms with Gasteiger partial charge in [0.05, 0.1) is 45.6 Å². The van der Waals surface area contributed by atoms with E-state index in [2.05, 4.69) is 267 Å². The molecule has 0 bridgehead atoms. The van der Waals surface area contributed by atoms with Crippen molar-refractivity contribution in [3.63, 3.8) is 0 Å². The van der Waals surface area contributed by atoms with Gasteiger partial charge in [-0.15, -0.1) is 0 Å². The van der Waals surface area contributed by atoms with Gasteiger partial charge in [0.2, 0.25) is 0 Å². The fourth-order valence-electron chi connectivity index (χ4n) is 7.27. The van der Waals surface area contributed by atoms with Crippen LogP contribution in [-0.2, 0) is 84.2 Å². The molecule has 0 saturated carbocycles. The Kier molecular flexibility index (Phi) is 25.2. The minimum absolute atomic E-state index is 0. The predicted octanol–water partition coefficient (Wildman–Crippen LogP) is 17.9. The molecular weight excluding hydrogens is 1070 g/mol. The zero-order valence-electron chi connectivity index (χ0n) is 50.3. The largest absolute Gasteiger partial charge is 0.412 e. The van der Waals surface area contributed by atoms with E-state index in [1.165, 1.54) is 44.5 Å². The maximum atomic E-state index is 5.03. The van der Waals surface area contributed by atoms with Gasteiger partial charge in [-0.05, 0) is 164 Å². The summed E-state index contributed by atoms with van der Waals surface area (Å²) < 4.78 is 0. The Morgan fingerprint density at radius 1 is 0.222 bits per heavy atom. The van der Waals surface area contributed by atoms with E-state index in [0.717, 1.165) is 45.6 Å². The molecule has 72 heavy (non-hydrogen) atoms. The molecule has 0 spiro atoms. The van der Waals surface area contributed by atoms with Crippen molar-refractivity contribution in [2.45, 2.75) is 237 Å². The van der Waals surface area contributed by atoms with E-state index in [-0.39, 0.29) is 95.1 Å². The Labute approximate surface area is 468 Å². The van der Waals surface area contributed by atoms with Crippen LogP contribution in [0, 0.1) is 0 Å². The predicted molar refractivity (Wildman–Crippen MR) is 314 cm³/mol. The molecule has 0 atom stereocenters. The van der Waals surface area contributed by atoms with Gasteiger partial charge < -0.3 is 11.0 Å². The van der Waals surface area contributed by atoms with Crippen LogP contribution in [0.2, 0.25) is 0 Å². The third kappa shape index (κ3) is 21.2. The van der Waals surface area contributed by atoms with Crippen LogP contribution in [0.4, 0.5) is 22.7 Å². The zero-order valence-corrected chi connectivity index (χ0v) is 53.5. The zero-order chi connectivity index (χ0) is 52.6. The molecule has 6 nitrogen and oxygen atoms in total. The van der Waals surface area contributed by atoms with Crippen LogP contribution in [-0.4, -0.2) is 33.8 Å². The Morgan fingerprint density at radius 3 is 0.403 bits per heavy atom. The van der Waals surface area contributed by atoms with E-state index in [9.17, 15) is 0 Å². The summed E-state index contributed by atoms with van der Waals surface area (Å²) in [7, 11) is 0. The average molecular weight is 1170 g/mol. The van der Waals surface area contributed by atoms with Crippen molar-refractivity contribution in [3.8, 4) is 0 Å². The van der Waals surface area contributed by atoms with Gasteiger partial charge in [-0.2, -0.15) is 0 Å². The van der Waals surface area contributed by atoms with Crippen molar-refractivity contribution >= 4 is 45.6 Å². The van der Waals surface area contributed by atoms with Crippen LogP contribution in [0.3, 0.4) is 0 Å². The topological polar surface area (TPSA) is 112 Å². The molecule has 8 heteroatoms. The number of hydrogen-bond donors (Lipinski definition) is 0. The number of benzene rings is 4. The number of nitrogens with zero attached hydrogens (tertiary/aromatic N) is 4. The van der Waals surface area contributed by atoms with Crippen molar-refractivity contribution in [3.05, 3.63) is 117 Å². The number of hydrogen-bond acceptors (Lipinski definition) is 4. The van der Waals surface area contributed by atoms with Crippen molar-refractivity contribution in [2.24, 2.45) is 20.0 Å². The second-order valence-corrected chi connectivity index (χ2v) is 27.9. The standard InChI is InChI=1S/2C32H48N2.2H2O.2Pd/c2*1-21(33-27-17-23(29(3,4)5)15-24(18-27)30(6,7)8)22(2)34-28-19-25(31(9,10)11)16-26(20-28)32(12,13)14;;;;/h2*15-20H,1-14H3;2*1H2;;. The number of aliphatic imine (C=N–C) groups is 4. The molecule has 4 aromatic rings. The van der Waals surface area contributed by atoms with Gasteiger partial charge in [0.25, 0.3) is 0 Å². The maximum Gasteiger partial charge on any atom is 0.0639 e. The Balaban J connectivity index is 0. The van der Waals surface area contributed by atoms with E-state index < -0.39 is 0 Å². The molecule has 0 radical (unpaired) electrons. The third-order valence-corrected chi connectivity index (χ3v) is 12.8. The summed E-state index contributed by atoms with van der Waals surface area (Å²) in [6.07, 6.45) is 0. The van der Waals surface area contributed by atoms with Gasteiger partial charge in [0.15, 0.2) is 0 Å². The second kappa shape index (κ2) is 25.6. The molecule has 0 unspecified atom stereocenters. The first-order valence-electron chi connectivity index (χ1n) is 25.2. The van der Waals surface area contributed by atoms with E-state index in [4.69, 9.17) is 20.0 Å². The van der Waals surface area contributed by atoms with Gasteiger partial charge >= 0.3 is 0 Å². The maximum absolute atomic E-state index is 5.03. The van der Waals surface area contributed by atoms with E-state index in [1.54, 1.807) is 0 Å². The Morgan fingerprint density at radius 2 is 0.319 bits per heavy atom. The summed E-state index contributed by atoms with van der Waals surface area (Å²) in [5.74, 6) is 0. The van der Waals surface area contributed by atoms with Crippen LogP contribution in [0.5, 0.6) is 0 Å². The first-order chi connectivity index (χ1) is 30.3. The average Bonchev–Trinajstić information content (AvgIpc) is 3.15. The van der Waals surface area contributed by atoms with Crippen LogP contribution >= 0.6 is 0 Å². The van der Waals surface area contributed by atoms with E-state index >= 15 is 0 Å². The third-order valence-electron chi connectivity index (χ3n) is 12.8. The molecule has 4 aromatic carbocycles. The summed E-state index contributed by atoms with van der Waals surface area (Å²) in [4.78, 5) is 20.1. The summed E-state index contributed by atoms with van der Waals surface area (Å²) in [6.45, 7) is 62.5. The molecule has 4 rings (SSSR count). The molecule has 408 valence electrons. The monoisotopic (exact) mass is 1170 g/mol. The van der Waals surface area contributed by atoms with Crippen molar-refractivity contribution in [2.75, 3.05) is 0 Å². The van der Waals surface area contributed by atoms with Gasteiger partial charge in [-0.1, -0.05) is 190 Å². The van der Waals surface area contributed by atoms with Gasteiger partial charge in [0.1, 0.15) is 0 Å². The molecule has 0 aliphatic carbocycles. The van der Waals surface area contributed by atoms with Gasteiger partial charge in [0, 0.05) is 40.8 Å². The number of rotatable bonds is 6.